The average molecular weight is 352 g/mol. The first kappa shape index (κ1) is 15.4. The summed E-state index contributed by atoms with van der Waals surface area (Å²) in [4.78, 5) is 1.25. The molecule has 0 atom stereocenters. The van der Waals surface area contributed by atoms with E-state index in [-0.39, 0.29) is 0 Å². The molecule has 2 rings (SSSR count). The third-order valence-electron chi connectivity index (χ3n) is 2.95. The number of hydrogen-bond acceptors (Lipinski definition) is 3. The average Bonchev–Trinajstić information content (AvgIpc) is 2.47. The van der Waals surface area contributed by atoms with E-state index in [2.05, 4.69) is 57.8 Å². The normalized spacial score (nSPS) is 10.6. The van der Waals surface area contributed by atoms with Crippen molar-refractivity contribution in [2.75, 3.05) is 13.3 Å². The van der Waals surface area contributed by atoms with E-state index in [1.165, 1.54) is 10.5 Å². The number of thioether (sulfide) groups is 1. The molecule has 4 heteroatoms. The molecule has 2 nitrogen and oxygen atoms in total. The van der Waals surface area contributed by atoms with Crippen LogP contribution in [0, 0.1) is 0 Å². The van der Waals surface area contributed by atoms with Crippen LogP contribution < -0.4 is 10.1 Å². The van der Waals surface area contributed by atoms with Gasteiger partial charge < -0.3 is 10.1 Å². The zero-order chi connectivity index (χ0) is 14.4. The molecule has 0 heterocycles. The zero-order valence-electron chi connectivity index (χ0n) is 11.7. The Labute approximate surface area is 133 Å². The lowest BCUT2D eigenvalue weighted by atomic mass is 10.1. The van der Waals surface area contributed by atoms with Crippen LogP contribution in [0.1, 0.15) is 11.1 Å². The molecule has 0 spiro atoms. The zero-order valence-corrected chi connectivity index (χ0v) is 14.1. The largest absolute Gasteiger partial charge is 0.489 e. The first-order chi connectivity index (χ1) is 9.72. The molecule has 0 amide bonds. The lowest BCUT2D eigenvalue weighted by molar-refractivity contribution is 0.305. The van der Waals surface area contributed by atoms with Gasteiger partial charge in [0, 0.05) is 21.5 Å². The van der Waals surface area contributed by atoms with Crippen molar-refractivity contribution in [3.63, 3.8) is 0 Å². The molecule has 0 aliphatic heterocycles. The molecule has 2 aromatic carbocycles. The molecule has 0 aromatic heterocycles. The molecule has 2 aromatic rings. The summed E-state index contributed by atoms with van der Waals surface area (Å²) in [6.45, 7) is 1.44. The molecule has 0 saturated heterocycles. The third kappa shape index (κ3) is 4.27. The summed E-state index contributed by atoms with van der Waals surface area (Å²) >= 11 is 5.33. The SMILES string of the molecule is CNCc1ccc(COc2ccc(SC)cc2)c(Br)c1. The standard InChI is InChI=1S/C16H18BrNOS/c1-18-10-12-3-4-13(16(17)9-12)11-19-14-5-7-15(20-2)8-6-14/h3-9,18H,10-11H2,1-2H3. The maximum absolute atomic E-state index is 5.82. The minimum Gasteiger partial charge on any atom is -0.489 e. The molecule has 0 radical (unpaired) electrons. The summed E-state index contributed by atoms with van der Waals surface area (Å²) in [6.07, 6.45) is 2.07. The van der Waals surface area contributed by atoms with Gasteiger partial charge in [0.05, 0.1) is 0 Å². The van der Waals surface area contributed by atoms with Gasteiger partial charge in [-0.3, -0.25) is 0 Å². The molecular formula is C16H18BrNOS. The minimum atomic E-state index is 0.568. The molecule has 0 unspecified atom stereocenters. The van der Waals surface area contributed by atoms with Gasteiger partial charge in [-0.15, -0.1) is 11.8 Å². The molecule has 106 valence electrons. The Morgan fingerprint density at radius 2 is 1.90 bits per heavy atom. The van der Waals surface area contributed by atoms with Gasteiger partial charge in [0.15, 0.2) is 0 Å². The first-order valence-corrected chi connectivity index (χ1v) is 8.43. The first-order valence-electron chi connectivity index (χ1n) is 6.41. The minimum absolute atomic E-state index is 0.568. The summed E-state index contributed by atoms with van der Waals surface area (Å²) in [5.41, 5.74) is 2.41. The van der Waals surface area contributed by atoms with E-state index < -0.39 is 0 Å². The Hall–Kier alpha value is -0.970. The number of benzene rings is 2. The lowest BCUT2D eigenvalue weighted by Crippen LogP contribution is -2.05. The Balaban J connectivity index is 1.99. The Morgan fingerprint density at radius 3 is 2.50 bits per heavy atom. The van der Waals surface area contributed by atoms with E-state index in [1.807, 2.05) is 19.2 Å². The monoisotopic (exact) mass is 351 g/mol. The highest BCUT2D eigenvalue weighted by molar-refractivity contribution is 9.10. The van der Waals surface area contributed by atoms with Crippen molar-refractivity contribution in [3.8, 4) is 5.75 Å². The molecule has 20 heavy (non-hydrogen) atoms. The Kier molecular flexibility index (Phi) is 5.95. The van der Waals surface area contributed by atoms with Gasteiger partial charge in [-0.25, -0.2) is 0 Å². The summed E-state index contributed by atoms with van der Waals surface area (Å²) < 4.78 is 6.91. The fraction of sp³-hybridized carbons (Fsp3) is 0.250. The quantitative estimate of drug-likeness (QED) is 0.775. The molecular weight excluding hydrogens is 334 g/mol. The number of halogens is 1. The van der Waals surface area contributed by atoms with Gasteiger partial charge in [-0.05, 0) is 49.2 Å². The van der Waals surface area contributed by atoms with Gasteiger partial charge in [0.1, 0.15) is 12.4 Å². The number of ether oxygens (including phenoxy) is 1. The van der Waals surface area contributed by atoms with E-state index in [0.29, 0.717) is 6.61 Å². The van der Waals surface area contributed by atoms with E-state index in [1.54, 1.807) is 11.8 Å². The van der Waals surface area contributed by atoms with Crippen LogP contribution >= 0.6 is 27.7 Å². The molecule has 0 aliphatic carbocycles. The van der Waals surface area contributed by atoms with Crippen molar-refractivity contribution in [3.05, 3.63) is 58.1 Å². The van der Waals surface area contributed by atoms with Crippen LogP contribution in [0.4, 0.5) is 0 Å². The van der Waals surface area contributed by atoms with Crippen molar-refractivity contribution < 1.29 is 4.74 Å². The van der Waals surface area contributed by atoms with Crippen LogP contribution in [-0.2, 0) is 13.2 Å². The van der Waals surface area contributed by atoms with Crippen LogP contribution in [0.15, 0.2) is 51.8 Å². The molecule has 0 saturated carbocycles. The predicted molar refractivity (Wildman–Crippen MR) is 89.5 cm³/mol. The smallest absolute Gasteiger partial charge is 0.119 e. The second-order valence-corrected chi connectivity index (χ2v) is 6.15. The Bertz CT molecular complexity index is 557. The van der Waals surface area contributed by atoms with Crippen LogP contribution in [0.5, 0.6) is 5.75 Å². The van der Waals surface area contributed by atoms with Gasteiger partial charge in [0.2, 0.25) is 0 Å². The number of nitrogens with one attached hydrogen (secondary N) is 1. The van der Waals surface area contributed by atoms with E-state index >= 15 is 0 Å². The van der Waals surface area contributed by atoms with Gasteiger partial charge >= 0.3 is 0 Å². The predicted octanol–water partition coefficient (Wildman–Crippen LogP) is 4.47. The fourth-order valence-corrected chi connectivity index (χ4v) is 2.80. The third-order valence-corrected chi connectivity index (χ3v) is 4.43. The highest BCUT2D eigenvalue weighted by Crippen LogP contribution is 2.23. The maximum Gasteiger partial charge on any atom is 0.119 e. The van der Waals surface area contributed by atoms with Gasteiger partial charge in [-0.2, -0.15) is 0 Å². The van der Waals surface area contributed by atoms with Crippen molar-refractivity contribution in [2.24, 2.45) is 0 Å². The molecule has 0 fully saturated rings. The van der Waals surface area contributed by atoms with Crippen molar-refractivity contribution in [2.45, 2.75) is 18.0 Å². The number of rotatable bonds is 6. The summed E-state index contributed by atoms with van der Waals surface area (Å²) in [5, 5.41) is 3.15. The van der Waals surface area contributed by atoms with Crippen molar-refractivity contribution in [1.29, 1.82) is 0 Å². The van der Waals surface area contributed by atoms with Gasteiger partial charge in [-0.1, -0.05) is 28.1 Å². The van der Waals surface area contributed by atoms with Crippen molar-refractivity contribution in [1.82, 2.24) is 5.32 Å². The fourth-order valence-electron chi connectivity index (χ4n) is 1.85. The van der Waals surface area contributed by atoms with E-state index in [9.17, 15) is 0 Å². The lowest BCUT2D eigenvalue weighted by Gasteiger charge is -2.10. The van der Waals surface area contributed by atoms with E-state index in [0.717, 1.165) is 22.3 Å². The van der Waals surface area contributed by atoms with Crippen LogP contribution in [0.25, 0.3) is 0 Å². The molecule has 0 bridgehead atoms. The second-order valence-electron chi connectivity index (χ2n) is 4.42. The highest BCUT2D eigenvalue weighted by atomic mass is 79.9. The topological polar surface area (TPSA) is 21.3 Å². The van der Waals surface area contributed by atoms with Crippen LogP contribution in [0.2, 0.25) is 0 Å². The highest BCUT2D eigenvalue weighted by Gasteiger charge is 2.03. The van der Waals surface area contributed by atoms with E-state index in [4.69, 9.17) is 4.74 Å². The molecule has 1 N–H and O–H groups in total. The van der Waals surface area contributed by atoms with Gasteiger partial charge in [0.25, 0.3) is 0 Å². The molecule has 0 aliphatic rings. The number of hydrogen-bond donors (Lipinski definition) is 1. The summed E-state index contributed by atoms with van der Waals surface area (Å²) in [5.74, 6) is 0.897. The summed E-state index contributed by atoms with van der Waals surface area (Å²) in [6, 6.07) is 14.5. The van der Waals surface area contributed by atoms with Crippen LogP contribution in [-0.4, -0.2) is 13.3 Å². The second kappa shape index (κ2) is 7.72. The Morgan fingerprint density at radius 1 is 1.15 bits per heavy atom. The van der Waals surface area contributed by atoms with Crippen molar-refractivity contribution >= 4 is 27.7 Å². The van der Waals surface area contributed by atoms with Crippen LogP contribution in [0.3, 0.4) is 0 Å². The maximum atomic E-state index is 5.82. The summed E-state index contributed by atoms with van der Waals surface area (Å²) in [7, 11) is 1.95.